The number of aryl methyl sites for hydroxylation is 2. The molecule has 2 rings (SSSR count). The number of thiophene rings is 1. The molecule has 1 heterocycles. The lowest BCUT2D eigenvalue weighted by Crippen LogP contribution is -2.25. The molecule has 0 unspecified atom stereocenters. The van der Waals surface area contributed by atoms with Crippen molar-refractivity contribution in [3.05, 3.63) is 56.3 Å². The highest BCUT2D eigenvalue weighted by atomic mass is 32.1. The van der Waals surface area contributed by atoms with Gasteiger partial charge in [-0.1, -0.05) is 37.8 Å². The van der Waals surface area contributed by atoms with Gasteiger partial charge in [-0.25, -0.2) is 4.79 Å². The third-order valence-electron chi connectivity index (χ3n) is 4.87. The molecule has 0 saturated heterocycles. The predicted molar refractivity (Wildman–Crippen MR) is 103 cm³/mol. The molecule has 1 aromatic heterocycles. The Morgan fingerprint density at radius 3 is 2.32 bits per heavy atom. The molecule has 0 fully saturated rings. The lowest BCUT2D eigenvalue weighted by atomic mass is 9.74. The zero-order chi connectivity index (χ0) is 18.6. The van der Waals surface area contributed by atoms with Gasteiger partial charge in [0.05, 0.1) is 0 Å². The van der Waals surface area contributed by atoms with Crippen molar-refractivity contribution in [2.24, 2.45) is 0 Å². The summed E-state index contributed by atoms with van der Waals surface area (Å²) in [6, 6.07) is 8.24. The van der Waals surface area contributed by atoms with Crippen LogP contribution in [0.2, 0.25) is 0 Å². The Labute approximate surface area is 153 Å². The van der Waals surface area contributed by atoms with Gasteiger partial charge in [0.25, 0.3) is 0 Å². The molecule has 0 spiro atoms. The first-order valence-corrected chi connectivity index (χ1v) is 9.26. The summed E-state index contributed by atoms with van der Waals surface area (Å²) in [6.45, 7) is 8.02. The molecular weight excluding hydrogens is 332 g/mol. The molecular formula is C21H24O3S. The topological polar surface area (TPSA) is 57.5 Å². The van der Waals surface area contributed by atoms with Crippen LogP contribution in [0.25, 0.3) is 0 Å². The Kier molecular flexibility index (Phi) is 6.05. The fourth-order valence-corrected chi connectivity index (χ4v) is 4.68. The number of rotatable bonds is 5. The van der Waals surface area contributed by atoms with E-state index in [9.17, 15) is 9.90 Å². The molecule has 0 atom stereocenters. The molecule has 0 aliphatic carbocycles. The van der Waals surface area contributed by atoms with E-state index in [1.807, 2.05) is 26.0 Å². The highest BCUT2D eigenvalue weighted by molar-refractivity contribution is 7.14. The second-order valence-electron chi connectivity index (χ2n) is 6.21. The van der Waals surface area contributed by atoms with Gasteiger partial charge in [0.15, 0.2) is 0 Å². The summed E-state index contributed by atoms with van der Waals surface area (Å²) in [5.74, 6) is 4.80. The number of hydrogen-bond donors (Lipinski definition) is 2. The molecule has 0 aliphatic heterocycles. The zero-order valence-corrected chi connectivity index (χ0v) is 16.0. The largest absolute Gasteiger partial charge is 0.477 e. The minimum Gasteiger partial charge on any atom is -0.477 e. The Hall–Kier alpha value is -2.09. The summed E-state index contributed by atoms with van der Waals surface area (Å²) in [5.41, 5.74) is 3.78. The fraction of sp³-hybridized carbons (Fsp3) is 0.381. The maximum atomic E-state index is 11.4. The summed E-state index contributed by atoms with van der Waals surface area (Å²) in [4.78, 5) is 13.0. The van der Waals surface area contributed by atoms with Crippen LogP contribution in [0.3, 0.4) is 0 Å². The third-order valence-corrected chi connectivity index (χ3v) is 6.30. The van der Waals surface area contributed by atoms with Gasteiger partial charge in [-0.15, -0.1) is 11.3 Å². The van der Waals surface area contributed by atoms with Crippen LogP contribution in [0.5, 0.6) is 0 Å². The molecule has 2 N–H and O–H groups in total. The van der Waals surface area contributed by atoms with Gasteiger partial charge in [0.1, 0.15) is 11.5 Å². The Morgan fingerprint density at radius 1 is 1.16 bits per heavy atom. The van der Waals surface area contributed by atoms with Crippen LogP contribution in [0, 0.1) is 25.7 Å². The lowest BCUT2D eigenvalue weighted by molar-refractivity contribution is 0.0701. The van der Waals surface area contributed by atoms with Crippen molar-refractivity contribution in [1.82, 2.24) is 0 Å². The number of aliphatic hydroxyl groups excluding tert-OH is 1. The van der Waals surface area contributed by atoms with Crippen LogP contribution in [-0.2, 0) is 5.41 Å². The second-order valence-corrected chi connectivity index (χ2v) is 7.26. The minimum absolute atomic E-state index is 0.151. The monoisotopic (exact) mass is 356 g/mol. The number of carbonyl (C=O) groups is 1. The van der Waals surface area contributed by atoms with E-state index in [0.717, 1.165) is 34.4 Å². The van der Waals surface area contributed by atoms with E-state index in [-0.39, 0.29) is 12.0 Å². The Bertz CT molecular complexity index is 833. The van der Waals surface area contributed by atoms with E-state index in [1.165, 1.54) is 16.9 Å². The van der Waals surface area contributed by atoms with Crippen molar-refractivity contribution in [2.75, 3.05) is 6.61 Å². The SMILES string of the molecule is CCC(CC)(c1ccc(C#CCO)c(C)c1)c1cc(C)c(C(=O)O)s1. The van der Waals surface area contributed by atoms with Crippen LogP contribution in [0.1, 0.15) is 63.5 Å². The van der Waals surface area contributed by atoms with Gasteiger partial charge in [-0.3, -0.25) is 0 Å². The maximum Gasteiger partial charge on any atom is 0.346 e. The number of hydrogen-bond acceptors (Lipinski definition) is 3. The molecule has 2 aromatic rings. The summed E-state index contributed by atoms with van der Waals surface area (Å²) >= 11 is 1.38. The van der Waals surface area contributed by atoms with E-state index in [0.29, 0.717) is 4.88 Å². The fourth-order valence-electron chi connectivity index (χ4n) is 3.32. The minimum atomic E-state index is -0.860. The summed E-state index contributed by atoms with van der Waals surface area (Å²) in [6.07, 6.45) is 1.78. The van der Waals surface area contributed by atoms with Crippen LogP contribution in [0.4, 0.5) is 0 Å². The highest BCUT2D eigenvalue weighted by Crippen LogP contribution is 2.43. The molecule has 0 bridgehead atoms. The summed E-state index contributed by atoms with van der Waals surface area (Å²) in [7, 11) is 0. The molecule has 3 nitrogen and oxygen atoms in total. The first-order valence-electron chi connectivity index (χ1n) is 8.44. The zero-order valence-electron chi connectivity index (χ0n) is 15.1. The molecule has 0 amide bonds. The Morgan fingerprint density at radius 2 is 1.84 bits per heavy atom. The van der Waals surface area contributed by atoms with E-state index in [1.54, 1.807) is 0 Å². The van der Waals surface area contributed by atoms with Crippen LogP contribution >= 0.6 is 11.3 Å². The number of carboxylic acid groups (broad SMARTS) is 1. The molecule has 0 radical (unpaired) electrons. The quantitative estimate of drug-likeness (QED) is 0.775. The number of benzene rings is 1. The number of aromatic carboxylic acids is 1. The molecule has 4 heteroatoms. The van der Waals surface area contributed by atoms with Crippen molar-refractivity contribution < 1.29 is 15.0 Å². The first kappa shape index (κ1) is 19.2. The average molecular weight is 356 g/mol. The van der Waals surface area contributed by atoms with E-state index < -0.39 is 5.97 Å². The van der Waals surface area contributed by atoms with Crippen LogP contribution in [0.15, 0.2) is 24.3 Å². The van der Waals surface area contributed by atoms with Crippen molar-refractivity contribution in [2.45, 2.75) is 46.0 Å². The molecule has 0 aliphatic rings. The summed E-state index contributed by atoms with van der Waals surface area (Å²) in [5, 5.41) is 18.3. The molecule has 25 heavy (non-hydrogen) atoms. The van der Waals surface area contributed by atoms with Gasteiger partial charge >= 0.3 is 5.97 Å². The third kappa shape index (κ3) is 3.63. The molecule has 1 aromatic carbocycles. The second kappa shape index (κ2) is 7.86. The number of aliphatic hydroxyl groups is 1. The van der Waals surface area contributed by atoms with Gasteiger partial charge in [-0.05, 0) is 55.5 Å². The van der Waals surface area contributed by atoms with Crippen molar-refractivity contribution >= 4 is 17.3 Å². The van der Waals surface area contributed by atoms with Crippen LogP contribution in [-0.4, -0.2) is 22.8 Å². The summed E-state index contributed by atoms with van der Waals surface area (Å²) < 4.78 is 0. The molecule has 132 valence electrons. The lowest BCUT2D eigenvalue weighted by Gasteiger charge is -2.32. The molecule has 0 saturated carbocycles. The van der Waals surface area contributed by atoms with Gasteiger partial charge in [-0.2, -0.15) is 0 Å². The van der Waals surface area contributed by atoms with Crippen molar-refractivity contribution in [3.63, 3.8) is 0 Å². The average Bonchev–Trinajstić information content (AvgIpc) is 2.98. The first-order chi connectivity index (χ1) is 11.9. The maximum absolute atomic E-state index is 11.4. The predicted octanol–water partition coefficient (Wildman–Crippen LogP) is 4.51. The highest BCUT2D eigenvalue weighted by Gasteiger charge is 2.33. The smallest absolute Gasteiger partial charge is 0.346 e. The van der Waals surface area contributed by atoms with Gasteiger partial charge in [0.2, 0.25) is 0 Å². The van der Waals surface area contributed by atoms with Gasteiger partial charge in [0, 0.05) is 15.9 Å². The van der Waals surface area contributed by atoms with E-state index in [2.05, 4.69) is 37.8 Å². The van der Waals surface area contributed by atoms with Gasteiger partial charge < -0.3 is 10.2 Å². The number of carboxylic acids is 1. The van der Waals surface area contributed by atoms with Crippen LogP contribution < -0.4 is 0 Å². The standard InChI is InChI=1S/C21H24O3S/c1-5-21(6-2,18-13-15(4)19(25-18)20(23)24)17-10-9-16(8-7-11-22)14(3)12-17/h9-10,12-13,22H,5-6,11H2,1-4H3,(H,23,24). The van der Waals surface area contributed by atoms with Crippen molar-refractivity contribution in [3.8, 4) is 11.8 Å². The normalized spacial score (nSPS) is 11.1. The Balaban J connectivity index is 2.59. The van der Waals surface area contributed by atoms with Crippen molar-refractivity contribution in [1.29, 1.82) is 0 Å². The van der Waals surface area contributed by atoms with E-state index in [4.69, 9.17) is 5.11 Å². The van der Waals surface area contributed by atoms with E-state index >= 15 is 0 Å².